The molecule has 0 radical (unpaired) electrons. The van der Waals surface area contributed by atoms with Crippen molar-refractivity contribution in [3.05, 3.63) is 29.3 Å². The smallest absolute Gasteiger partial charge is 0.251 e. The predicted molar refractivity (Wildman–Crippen MR) is 103 cm³/mol. The Morgan fingerprint density at radius 1 is 1.00 bits per heavy atom. The van der Waals surface area contributed by atoms with Gasteiger partial charge in [0.05, 0.1) is 6.61 Å². The Bertz CT molecular complexity index is 679. The minimum Gasteiger partial charge on any atom is -0.491 e. The maximum atomic E-state index is 15.1. The first-order valence-corrected chi connectivity index (χ1v) is 10.7. The summed E-state index contributed by atoms with van der Waals surface area (Å²) in [5.41, 5.74) is 0.340. The van der Waals surface area contributed by atoms with Gasteiger partial charge >= 0.3 is 0 Å². The van der Waals surface area contributed by atoms with E-state index in [1.54, 1.807) is 6.92 Å². The van der Waals surface area contributed by atoms with Gasteiger partial charge in [0.1, 0.15) is 0 Å². The molecule has 2 aliphatic carbocycles. The minimum absolute atomic E-state index is 0.0393. The standard InChI is InChI=1S/C23H32F4O/c1-4-22(3)12-10-15(11-13-22)18-8-6-16(14-23(18,26)27)17-7-9-19(28-5-2)21(25)20(17)24/h7,9,15-16,18H,4-6,8,10-14H2,1-3H3/t15?,16?,18-,22?/m0/s1. The van der Waals surface area contributed by atoms with E-state index in [2.05, 4.69) is 13.8 Å². The van der Waals surface area contributed by atoms with Crippen molar-refractivity contribution in [1.29, 1.82) is 0 Å². The van der Waals surface area contributed by atoms with Crippen molar-refractivity contribution >= 4 is 0 Å². The van der Waals surface area contributed by atoms with Crippen LogP contribution in [0.25, 0.3) is 0 Å². The molecule has 5 heteroatoms. The second kappa shape index (κ2) is 8.23. The highest BCUT2D eigenvalue weighted by Gasteiger charge is 2.50. The second-order valence-corrected chi connectivity index (χ2v) is 9.06. The van der Waals surface area contributed by atoms with Crippen molar-refractivity contribution in [2.24, 2.45) is 17.3 Å². The van der Waals surface area contributed by atoms with Gasteiger partial charge in [-0.15, -0.1) is 0 Å². The number of ether oxygens (including phenoxy) is 1. The maximum absolute atomic E-state index is 15.1. The molecule has 3 rings (SSSR count). The van der Waals surface area contributed by atoms with Crippen LogP contribution in [0.3, 0.4) is 0 Å². The van der Waals surface area contributed by atoms with Crippen LogP contribution in [0.5, 0.6) is 5.75 Å². The van der Waals surface area contributed by atoms with Gasteiger partial charge in [0.25, 0.3) is 5.92 Å². The van der Waals surface area contributed by atoms with Crippen LogP contribution in [-0.4, -0.2) is 12.5 Å². The SMILES string of the molecule is CCOc1ccc(C2CC[C@@H](C3CCC(C)(CC)CC3)C(F)(F)C2)c(F)c1F. The molecule has 2 atom stereocenters. The van der Waals surface area contributed by atoms with Gasteiger partial charge in [0.2, 0.25) is 5.82 Å². The van der Waals surface area contributed by atoms with E-state index < -0.39 is 35.8 Å². The molecular formula is C23H32F4O. The molecule has 0 amide bonds. The first-order valence-electron chi connectivity index (χ1n) is 10.7. The molecule has 2 saturated carbocycles. The van der Waals surface area contributed by atoms with Crippen LogP contribution in [0.2, 0.25) is 0 Å². The molecule has 2 fully saturated rings. The lowest BCUT2D eigenvalue weighted by Gasteiger charge is -2.45. The Hall–Kier alpha value is -1.26. The fourth-order valence-electron chi connectivity index (χ4n) is 5.24. The second-order valence-electron chi connectivity index (χ2n) is 9.06. The van der Waals surface area contributed by atoms with Crippen LogP contribution in [-0.2, 0) is 0 Å². The highest BCUT2D eigenvalue weighted by Crippen LogP contribution is 2.53. The van der Waals surface area contributed by atoms with Gasteiger partial charge in [-0.25, -0.2) is 13.2 Å². The van der Waals surface area contributed by atoms with Crippen LogP contribution in [0.15, 0.2) is 12.1 Å². The summed E-state index contributed by atoms with van der Waals surface area (Å²) in [6, 6.07) is 2.77. The van der Waals surface area contributed by atoms with Crippen molar-refractivity contribution in [2.45, 2.75) is 84.0 Å². The van der Waals surface area contributed by atoms with Gasteiger partial charge in [-0.3, -0.25) is 0 Å². The van der Waals surface area contributed by atoms with Crippen LogP contribution in [0, 0.1) is 28.9 Å². The molecular weight excluding hydrogens is 368 g/mol. The molecule has 0 N–H and O–H groups in total. The molecule has 2 aliphatic rings. The average molecular weight is 401 g/mol. The molecule has 158 valence electrons. The number of rotatable bonds is 5. The maximum Gasteiger partial charge on any atom is 0.251 e. The zero-order valence-corrected chi connectivity index (χ0v) is 17.2. The summed E-state index contributed by atoms with van der Waals surface area (Å²) in [4.78, 5) is 0. The number of halogens is 4. The summed E-state index contributed by atoms with van der Waals surface area (Å²) in [7, 11) is 0. The minimum atomic E-state index is -2.84. The lowest BCUT2D eigenvalue weighted by atomic mass is 9.63. The van der Waals surface area contributed by atoms with Crippen molar-refractivity contribution in [3.63, 3.8) is 0 Å². The number of hydrogen-bond donors (Lipinski definition) is 0. The molecule has 0 spiro atoms. The van der Waals surface area contributed by atoms with E-state index >= 15 is 8.78 Å². The largest absolute Gasteiger partial charge is 0.491 e. The zero-order chi connectivity index (χ0) is 20.5. The van der Waals surface area contributed by atoms with Crippen LogP contribution in [0.1, 0.15) is 83.6 Å². The molecule has 1 nitrogen and oxygen atoms in total. The van der Waals surface area contributed by atoms with E-state index in [-0.39, 0.29) is 29.3 Å². The molecule has 0 heterocycles. The summed E-state index contributed by atoms with van der Waals surface area (Å²) >= 11 is 0. The van der Waals surface area contributed by atoms with Crippen LogP contribution in [0.4, 0.5) is 17.6 Å². The van der Waals surface area contributed by atoms with E-state index in [0.717, 1.165) is 32.1 Å². The Morgan fingerprint density at radius 3 is 2.25 bits per heavy atom. The van der Waals surface area contributed by atoms with Gasteiger partial charge in [0.15, 0.2) is 11.6 Å². The van der Waals surface area contributed by atoms with Gasteiger partial charge < -0.3 is 4.74 Å². The normalized spacial score (nSPS) is 32.9. The fraction of sp³-hybridized carbons (Fsp3) is 0.739. The summed E-state index contributed by atoms with van der Waals surface area (Å²) < 4.78 is 63.9. The molecule has 1 aromatic rings. The molecule has 0 saturated heterocycles. The monoisotopic (exact) mass is 400 g/mol. The van der Waals surface area contributed by atoms with Crippen molar-refractivity contribution in [1.82, 2.24) is 0 Å². The van der Waals surface area contributed by atoms with Gasteiger partial charge in [-0.2, -0.15) is 4.39 Å². The molecule has 1 unspecified atom stereocenters. The predicted octanol–water partition coefficient (Wildman–Crippen LogP) is 7.49. The lowest BCUT2D eigenvalue weighted by Crippen LogP contribution is -2.41. The van der Waals surface area contributed by atoms with E-state index in [1.807, 2.05) is 0 Å². The van der Waals surface area contributed by atoms with Gasteiger partial charge in [0, 0.05) is 12.3 Å². The first-order chi connectivity index (χ1) is 13.2. The summed E-state index contributed by atoms with van der Waals surface area (Å²) in [6.45, 7) is 6.32. The molecule has 1 aromatic carbocycles. The quantitative estimate of drug-likeness (QED) is 0.465. The van der Waals surface area contributed by atoms with Crippen molar-refractivity contribution in [3.8, 4) is 5.75 Å². The number of benzene rings is 1. The first kappa shape index (κ1) is 21.4. The van der Waals surface area contributed by atoms with Crippen molar-refractivity contribution in [2.75, 3.05) is 6.61 Å². The van der Waals surface area contributed by atoms with Gasteiger partial charge in [-0.1, -0.05) is 26.3 Å². The lowest BCUT2D eigenvalue weighted by molar-refractivity contribution is -0.121. The summed E-state index contributed by atoms with van der Waals surface area (Å²) in [5.74, 6) is -6.36. The Labute approximate surface area is 165 Å². The Balaban J connectivity index is 1.71. The topological polar surface area (TPSA) is 9.23 Å². The molecule has 0 bridgehead atoms. The van der Waals surface area contributed by atoms with E-state index in [4.69, 9.17) is 4.74 Å². The third kappa shape index (κ3) is 4.18. The van der Waals surface area contributed by atoms with E-state index in [1.165, 1.54) is 12.1 Å². The third-order valence-corrected chi connectivity index (χ3v) is 7.36. The molecule has 0 aliphatic heterocycles. The summed E-state index contributed by atoms with van der Waals surface area (Å²) in [6.07, 6.45) is 5.25. The van der Waals surface area contributed by atoms with Gasteiger partial charge in [-0.05, 0) is 74.3 Å². The van der Waals surface area contributed by atoms with E-state index in [0.29, 0.717) is 12.8 Å². The highest BCUT2D eigenvalue weighted by atomic mass is 19.3. The number of hydrogen-bond acceptors (Lipinski definition) is 1. The number of alkyl halides is 2. The molecule has 28 heavy (non-hydrogen) atoms. The summed E-state index contributed by atoms with van der Waals surface area (Å²) in [5, 5.41) is 0. The highest BCUT2D eigenvalue weighted by molar-refractivity contribution is 5.33. The van der Waals surface area contributed by atoms with Crippen molar-refractivity contribution < 1.29 is 22.3 Å². The fourth-order valence-corrected chi connectivity index (χ4v) is 5.24. The molecule has 0 aromatic heterocycles. The van der Waals surface area contributed by atoms with E-state index in [9.17, 15) is 8.78 Å². The Kier molecular flexibility index (Phi) is 6.31. The average Bonchev–Trinajstić information content (AvgIpc) is 2.66. The zero-order valence-electron chi connectivity index (χ0n) is 17.2. The third-order valence-electron chi connectivity index (χ3n) is 7.36. The Morgan fingerprint density at radius 2 is 1.68 bits per heavy atom. The van der Waals surface area contributed by atoms with Crippen LogP contribution < -0.4 is 4.74 Å². The van der Waals surface area contributed by atoms with Crippen LogP contribution >= 0.6 is 0 Å².